The zero-order chi connectivity index (χ0) is 40.7. The molecule has 0 aromatic rings. The van der Waals surface area contributed by atoms with Crippen LogP contribution >= 0.6 is 0 Å². The minimum absolute atomic E-state index is 0.107. The Balaban J connectivity index is 3.59. The summed E-state index contributed by atoms with van der Waals surface area (Å²) in [6.45, 7) is 3.98. The molecule has 322 valence electrons. The van der Waals surface area contributed by atoms with Gasteiger partial charge >= 0.3 is 11.9 Å². The quantitative estimate of drug-likeness (QED) is 0.0379. The molecule has 0 aliphatic rings. The molecule has 0 saturated carbocycles. The second-order valence-electron chi connectivity index (χ2n) is 15.5. The van der Waals surface area contributed by atoms with Gasteiger partial charge in [0.15, 0.2) is 6.10 Å². The Bertz CT molecular complexity index is 1020. The summed E-state index contributed by atoms with van der Waals surface area (Å²) in [4.78, 5) is 24.3. The predicted molar refractivity (Wildman–Crippen MR) is 242 cm³/mol. The van der Waals surface area contributed by atoms with Gasteiger partial charge in [0, 0.05) is 12.8 Å². The molecule has 0 aliphatic carbocycles. The van der Waals surface area contributed by atoms with E-state index >= 15 is 0 Å². The molecule has 5 nitrogen and oxygen atoms in total. The van der Waals surface area contributed by atoms with E-state index < -0.39 is 6.10 Å². The summed E-state index contributed by atoms with van der Waals surface area (Å²) in [5.74, 6) is -0.685. The Morgan fingerprint density at radius 1 is 0.429 bits per heavy atom. The number of carbonyl (C=O) groups is 2. The first-order chi connectivity index (χ1) is 27.6. The van der Waals surface area contributed by atoms with Crippen LogP contribution in [0.5, 0.6) is 0 Å². The van der Waals surface area contributed by atoms with Crippen LogP contribution < -0.4 is 0 Å². The molecule has 0 amide bonds. The van der Waals surface area contributed by atoms with Crippen molar-refractivity contribution in [2.75, 3.05) is 13.2 Å². The van der Waals surface area contributed by atoms with Crippen LogP contribution in [0.15, 0.2) is 72.9 Å². The SMILES string of the molecule is CC/C=C/C/C=C/C/C=C/C/C=C/C/C=C/C/C=C/CCC(=O)OC[C@H](CO)OC(=O)CCCCCCCCCCCCCCCCCCCCCCCCC. The van der Waals surface area contributed by atoms with Crippen molar-refractivity contribution in [3.63, 3.8) is 0 Å². The topological polar surface area (TPSA) is 72.8 Å². The fourth-order valence-electron chi connectivity index (χ4n) is 6.52. The number of aliphatic hydroxyl groups excluding tert-OH is 1. The van der Waals surface area contributed by atoms with Crippen LogP contribution in [-0.4, -0.2) is 36.4 Å². The number of aliphatic hydroxyl groups is 1. The maximum Gasteiger partial charge on any atom is 0.306 e. The van der Waals surface area contributed by atoms with Crippen molar-refractivity contribution in [3.8, 4) is 0 Å². The zero-order valence-corrected chi connectivity index (χ0v) is 36.6. The van der Waals surface area contributed by atoms with Crippen molar-refractivity contribution in [2.24, 2.45) is 0 Å². The fourth-order valence-corrected chi connectivity index (χ4v) is 6.52. The smallest absolute Gasteiger partial charge is 0.306 e. The number of unbranched alkanes of at least 4 members (excludes halogenated alkanes) is 22. The minimum atomic E-state index is -0.804. The average molecular weight is 781 g/mol. The summed E-state index contributed by atoms with van der Waals surface area (Å²) in [5, 5.41) is 9.59. The standard InChI is InChI=1S/C51H88O5/c1-3-5-7-9-11-13-15-17-19-21-23-24-25-26-28-30-32-34-36-38-40-42-44-46-51(54)56-49(47-52)48-55-50(53)45-43-41-39-37-35-33-31-29-27-22-20-18-16-14-12-10-8-6-4-2/h6,8,12,14,18,20,27,29,33,35,39,41,49,52H,3-5,7,9-11,13,15-17,19,21-26,28,30-32,34,36-38,40,42-48H2,1-2H3/b8-6+,14-12+,20-18+,29-27+,35-33+,41-39+/t49-/m0/s1. The van der Waals surface area contributed by atoms with E-state index in [0.717, 1.165) is 57.8 Å². The van der Waals surface area contributed by atoms with Gasteiger partial charge < -0.3 is 14.6 Å². The molecule has 1 N–H and O–H groups in total. The summed E-state index contributed by atoms with van der Waals surface area (Å²) in [6, 6.07) is 0. The van der Waals surface area contributed by atoms with Gasteiger partial charge in [-0.3, -0.25) is 9.59 Å². The second kappa shape index (κ2) is 46.7. The summed E-state index contributed by atoms with van der Waals surface area (Å²) in [6.07, 6.45) is 62.9. The van der Waals surface area contributed by atoms with Crippen LogP contribution in [0.1, 0.15) is 219 Å². The molecule has 0 aromatic heterocycles. The lowest BCUT2D eigenvalue weighted by atomic mass is 10.0. The molecule has 0 fully saturated rings. The zero-order valence-electron chi connectivity index (χ0n) is 36.6. The van der Waals surface area contributed by atoms with E-state index in [1.54, 1.807) is 0 Å². The molecule has 0 unspecified atom stereocenters. The Morgan fingerprint density at radius 2 is 0.768 bits per heavy atom. The van der Waals surface area contributed by atoms with Crippen molar-refractivity contribution in [3.05, 3.63) is 72.9 Å². The molecule has 0 rings (SSSR count). The lowest BCUT2D eigenvalue weighted by Crippen LogP contribution is -2.28. The maximum absolute atomic E-state index is 12.2. The van der Waals surface area contributed by atoms with E-state index in [4.69, 9.17) is 9.47 Å². The number of rotatable bonds is 42. The molecule has 0 aliphatic heterocycles. The Morgan fingerprint density at radius 3 is 1.12 bits per heavy atom. The maximum atomic E-state index is 12.2. The van der Waals surface area contributed by atoms with Crippen molar-refractivity contribution < 1.29 is 24.2 Å². The first-order valence-electron chi connectivity index (χ1n) is 23.5. The first kappa shape index (κ1) is 53.3. The van der Waals surface area contributed by atoms with Gasteiger partial charge in [0.1, 0.15) is 6.61 Å². The van der Waals surface area contributed by atoms with Crippen LogP contribution in [0.3, 0.4) is 0 Å². The summed E-state index contributed by atoms with van der Waals surface area (Å²) in [7, 11) is 0. The molecule has 1 atom stereocenters. The Hall–Kier alpha value is -2.66. The van der Waals surface area contributed by atoms with E-state index in [2.05, 4.69) is 74.6 Å². The summed E-state index contributed by atoms with van der Waals surface area (Å²) < 4.78 is 10.6. The number of ether oxygens (including phenoxy) is 2. The Labute approximate surface area is 346 Å². The van der Waals surface area contributed by atoms with E-state index in [1.165, 1.54) is 128 Å². The third-order valence-corrected chi connectivity index (χ3v) is 10.0. The third kappa shape index (κ3) is 44.1. The van der Waals surface area contributed by atoms with Crippen molar-refractivity contribution in [1.29, 1.82) is 0 Å². The molecule has 0 heterocycles. The molecule has 0 radical (unpaired) electrons. The average Bonchev–Trinajstić information content (AvgIpc) is 3.20. The van der Waals surface area contributed by atoms with Gasteiger partial charge in [-0.2, -0.15) is 0 Å². The van der Waals surface area contributed by atoms with Crippen molar-refractivity contribution >= 4 is 11.9 Å². The number of hydrogen-bond acceptors (Lipinski definition) is 5. The van der Waals surface area contributed by atoms with E-state index in [1.807, 2.05) is 12.2 Å². The van der Waals surface area contributed by atoms with Crippen LogP contribution in [0.2, 0.25) is 0 Å². The Kier molecular flexibility index (Phi) is 44.5. The van der Waals surface area contributed by atoms with Crippen LogP contribution in [0.4, 0.5) is 0 Å². The monoisotopic (exact) mass is 781 g/mol. The predicted octanol–water partition coefficient (Wildman–Crippen LogP) is 15.3. The number of allylic oxidation sites excluding steroid dienone is 12. The van der Waals surface area contributed by atoms with E-state index in [9.17, 15) is 14.7 Å². The first-order valence-corrected chi connectivity index (χ1v) is 23.5. The van der Waals surface area contributed by atoms with Gasteiger partial charge in [0.25, 0.3) is 0 Å². The number of esters is 2. The molecule has 56 heavy (non-hydrogen) atoms. The van der Waals surface area contributed by atoms with E-state index in [0.29, 0.717) is 12.8 Å². The second-order valence-corrected chi connectivity index (χ2v) is 15.5. The highest BCUT2D eigenvalue weighted by Crippen LogP contribution is 2.16. The van der Waals surface area contributed by atoms with Gasteiger partial charge in [0.05, 0.1) is 6.61 Å². The fraction of sp³-hybridized carbons (Fsp3) is 0.725. The van der Waals surface area contributed by atoms with Crippen molar-refractivity contribution in [2.45, 2.75) is 225 Å². The van der Waals surface area contributed by atoms with E-state index in [-0.39, 0.29) is 31.6 Å². The van der Waals surface area contributed by atoms with Gasteiger partial charge in [-0.1, -0.05) is 228 Å². The minimum Gasteiger partial charge on any atom is -0.462 e. The lowest BCUT2D eigenvalue weighted by Gasteiger charge is -2.15. The van der Waals surface area contributed by atoms with Crippen LogP contribution in [-0.2, 0) is 19.1 Å². The van der Waals surface area contributed by atoms with Crippen molar-refractivity contribution in [1.82, 2.24) is 0 Å². The van der Waals surface area contributed by atoms with Crippen LogP contribution in [0.25, 0.3) is 0 Å². The molecule has 0 bridgehead atoms. The lowest BCUT2D eigenvalue weighted by molar-refractivity contribution is -0.161. The molecule has 0 saturated heterocycles. The van der Waals surface area contributed by atoms with Gasteiger partial charge in [-0.05, 0) is 51.4 Å². The highest BCUT2D eigenvalue weighted by atomic mass is 16.6. The third-order valence-electron chi connectivity index (χ3n) is 10.0. The van der Waals surface area contributed by atoms with Crippen LogP contribution in [0, 0.1) is 0 Å². The largest absolute Gasteiger partial charge is 0.462 e. The number of carbonyl (C=O) groups excluding carboxylic acids is 2. The molecular weight excluding hydrogens is 693 g/mol. The highest BCUT2D eigenvalue weighted by Gasteiger charge is 2.16. The summed E-state index contributed by atoms with van der Waals surface area (Å²) >= 11 is 0. The van der Waals surface area contributed by atoms with Gasteiger partial charge in [0.2, 0.25) is 0 Å². The van der Waals surface area contributed by atoms with Gasteiger partial charge in [-0.25, -0.2) is 0 Å². The molecular formula is C51H88O5. The molecule has 0 aromatic carbocycles. The molecule has 5 heteroatoms. The van der Waals surface area contributed by atoms with Gasteiger partial charge in [-0.15, -0.1) is 0 Å². The molecule has 0 spiro atoms. The highest BCUT2D eigenvalue weighted by molar-refractivity contribution is 5.70. The normalized spacial score (nSPS) is 12.8. The summed E-state index contributed by atoms with van der Waals surface area (Å²) in [5.41, 5.74) is 0. The number of hydrogen-bond donors (Lipinski definition) is 1.